The monoisotopic (exact) mass is 216 g/mol. The number of ketones is 1. The van der Waals surface area contributed by atoms with Gasteiger partial charge in [-0.2, -0.15) is 0 Å². The number of hydrogen-bond donors (Lipinski definition) is 2. The van der Waals surface area contributed by atoms with Gasteiger partial charge < -0.3 is 10.2 Å². The van der Waals surface area contributed by atoms with Gasteiger partial charge in [-0.1, -0.05) is 13.3 Å². The third-order valence-corrected chi connectivity index (χ3v) is 2.44. The van der Waals surface area contributed by atoms with Crippen LogP contribution >= 0.6 is 0 Å². The minimum Gasteiger partial charge on any atom is -0.481 e. The van der Waals surface area contributed by atoms with Gasteiger partial charge in [0.1, 0.15) is 5.78 Å². The van der Waals surface area contributed by atoms with E-state index in [4.69, 9.17) is 5.11 Å². The Kier molecular flexibility index (Phi) is 6.96. The van der Waals surface area contributed by atoms with E-state index < -0.39 is 18.0 Å². The molecule has 0 aromatic heterocycles. The first-order valence-electron chi connectivity index (χ1n) is 5.41. The smallest absolute Gasteiger partial charge is 0.303 e. The van der Waals surface area contributed by atoms with Crippen molar-refractivity contribution in [2.75, 3.05) is 0 Å². The molecule has 0 aromatic carbocycles. The summed E-state index contributed by atoms with van der Waals surface area (Å²) >= 11 is 0. The van der Waals surface area contributed by atoms with Crippen LogP contribution < -0.4 is 0 Å². The lowest BCUT2D eigenvalue weighted by atomic mass is 9.90. The predicted octanol–water partition coefficient (Wildman–Crippen LogP) is 1.61. The first-order chi connectivity index (χ1) is 6.99. The number of hydrogen-bond acceptors (Lipinski definition) is 3. The van der Waals surface area contributed by atoms with Crippen molar-refractivity contribution in [2.45, 2.75) is 52.1 Å². The van der Waals surface area contributed by atoms with E-state index in [1.807, 2.05) is 6.92 Å². The van der Waals surface area contributed by atoms with Crippen molar-refractivity contribution in [2.24, 2.45) is 5.92 Å². The molecule has 0 aliphatic rings. The molecule has 2 atom stereocenters. The molecule has 0 bridgehead atoms. The molecule has 0 amide bonds. The average Bonchev–Trinajstić information content (AvgIpc) is 2.13. The van der Waals surface area contributed by atoms with Gasteiger partial charge in [-0.05, 0) is 19.8 Å². The zero-order valence-corrected chi connectivity index (χ0v) is 9.40. The van der Waals surface area contributed by atoms with Crippen LogP contribution in [0.4, 0.5) is 0 Å². The summed E-state index contributed by atoms with van der Waals surface area (Å²) in [5, 5.41) is 17.9. The van der Waals surface area contributed by atoms with Gasteiger partial charge >= 0.3 is 5.97 Å². The molecule has 0 aliphatic carbocycles. The van der Waals surface area contributed by atoms with Crippen molar-refractivity contribution < 1.29 is 19.8 Å². The second-order valence-corrected chi connectivity index (χ2v) is 3.85. The van der Waals surface area contributed by atoms with E-state index in [0.29, 0.717) is 6.42 Å². The number of carbonyl (C=O) groups excluding carboxylic acids is 1. The summed E-state index contributed by atoms with van der Waals surface area (Å²) in [6.45, 7) is 3.53. The van der Waals surface area contributed by atoms with Gasteiger partial charge in [-0.25, -0.2) is 0 Å². The Morgan fingerprint density at radius 2 is 1.87 bits per heavy atom. The molecule has 0 fully saturated rings. The molecule has 0 heterocycles. The van der Waals surface area contributed by atoms with E-state index in [9.17, 15) is 14.7 Å². The van der Waals surface area contributed by atoms with Gasteiger partial charge in [-0.3, -0.25) is 9.59 Å². The maximum atomic E-state index is 11.6. The molecule has 0 saturated carbocycles. The van der Waals surface area contributed by atoms with Crippen molar-refractivity contribution in [1.29, 1.82) is 0 Å². The highest BCUT2D eigenvalue weighted by molar-refractivity contribution is 5.82. The predicted molar refractivity (Wildman–Crippen MR) is 56.6 cm³/mol. The highest BCUT2D eigenvalue weighted by atomic mass is 16.4. The van der Waals surface area contributed by atoms with Gasteiger partial charge in [0, 0.05) is 18.8 Å². The van der Waals surface area contributed by atoms with E-state index in [-0.39, 0.29) is 18.6 Å². The maximum Gasteiger partial charge on any atom is 0.303 e. The third kappa shape index (κ3) is 6.23. The molecule has 0 radical (unpaired) electrons. The SMILES string of the molecule is CCCCC(=O)C(CCC(=O)O)C(C)O. The first kappa shape index (κ1) is 14.1. The molecule has 0 aromatic rings. The molecule has 4 heteroatoms. The molecular formula is C11H20O4. The van der Waals surface area contributed by atoms with E-state index in [1.165, 1.54) is 6.92 Å². The third-order valence-electron chi connectivity index (χ3n) is 2.44. The van der Waals surface area contributed by atoms with Crippen molar-refractivity contribution in [3.63, 3.8) is 0 Å². The average molecular weight is 216 g/mol. The number of carboxylic acids is 1. The molecule has 88 valence electrons. The topological polar surface area (TPSA) is 74.6 Å². The van der Waals surface area contributed by atoms with Crippen LogP contribution in [0.2, 0.25) is 0 Å². The fourth-order valence-corrected chi connectivity index (χ4v) is 1.49. The highest BCUT2D eigenvalue weighted by Gasteiger charge is 2.23. The van der Waals surface area contributed by atoms with Crippen LogP contribution in [0, 0.1) is 5.92 Å². The van der Waals surface area contributed by atoms with Crippen molar-refractivity contribution in [3.8, 4) is 0 Å². The number of rotatable bonds is 8. The first-order valence-corrected chi connectivity index (χ1v) is 5.41. The Morgan fingerprint density at radius 1 is 1.27 bits per heavy atom. The van der Waals surface area contributed by atoms with E-state index >= 15 is 0 Å². The van der Waals surface area contributed by atoms with Gasteiger partial charge in [0.05, 0.1) is 6.10 Å². The Labute approximate surface area is 90.3 Å². The van der Waals surface area contributed by atoms with Crippen LogP contribution in [0.5, 0.6) is 0 Å². The molecule has 0 spiro atoms. The molecular weight excluding hydrogens is 196 g/mol. The van der Waals surface area contributed by atoms with E-state index in [1.54, 1.807) is 0 Å². The zero-order valence-electron chi connectivity index (χ0n) is 9.40. The van der Waals surface area contributed by atoms with Gasteiger partial charge in [0.15, 0.2) is 0 Å². The molecule has 2 unspecified atom stereocenters. The Balaban J connectivity index is 4.13. The number of aliphatic carboxylic acids is 1. The molecule has 0 saturated heterocycles. The number of Topliss-reactive ketones (excluding diaryl/α,β-unsaturated/α-hetero) is 1. The summed E-state index contributed by atoms with van der Waals surface area (Å²) in [7, 11) is 0. The van der Waals surface area contributed by atoms with Gasteiger partial charge in [0.25, 0.3) is 0 Å². The summed E-state index contributed by atoms with van der Waals surface area (Å²) in [6, 6.07) is 0. The molecule has 4 nitrogen and oxygen atoms in total. The second-order valence-electron chi connectivity index (χ2n) is 3.85. The highest BCUT2D eigenvalue weighted by Crippen LogP contribution is 2.16. The molecule has 15 heavy (non-hydrogen) atoms. The zero-order chi connectivity index (χ0) is 11.8. The van der Waals surface area contributed by atoms with Gasteiger partial charge in [-0.15, -0.1) is 0 Å². The number of carbonyl (C=O) groups is 2. The second kappa shape index (κ2) is 7.40. The minimum absolute atomic E-state index is 0.0203. The van der Waals surface area contributed by atoms with E-state index in [2.05, 4.69) is 0 Å². The number of aliphatic hydroxyl groups excluding tert-OH is 1. The number of aliphatic hydroxyl groups is 1. The summed E-state index contributed by atoms with van der Waals surface area (Å²) in [5.41, 5.74) is 0. The maximum absolute atomic E-state index is 11.6. The molecule has 0 aliphatic heterocycles. The summed E-state index contributed by atoms with van der Waals surface area (Å²) in [5.74, 6) is -1.47. The number of unbranched alkanes of at least 4 members (excludes halogenated alkanes) is 1. The summed E-state index contributed by atoms with van der Waals surface area (Å²) < 4.78 is 0. The largest absolute Gasteiger partial charge is 0.481 e. The normalized spacial score (nSPS) is 14.6. The van der Waals surface area contributed by atoms with Crippen LogP contribution in [0.3, 0.4) is 0 Å². The van der Waals surface area contributed by atoms with E-state index in [0.717, 1.165) is 12.8 Å². The Morgan fingerprint density at radius 3 is 2.27 bits per heavy atom. The lowest BCUT2D eigenvalue weighted by Gasteiger charge is -2.17. The lowest BCUT2D eigenvalue weighted by Crippen LogP contribution is -2.26. The van der Waals surface area contributed by atoms with Gasteiger partial charge in [0.2, 0.25) is 0 Å². The minimum atomic E-state index is -0.927. The molecule has 2 N–H and O–H groups in total. The Bertz CT molecular complexity index is 211. The molecule has 0 rings (SSSR count). The van der Waals surface area contributed by atoms with Crippen LogP contribution in [0.15, 0.2) is 0 Å². The summed E-state index contributed by atoms with van der Waals surface area (Å²) in [4.78, 5) is 22.0. The van der Waals surface area contributed by atoms with Crippen LogP contribution in [-0.2, 0) is 9.59 Å². The summed E-state index contributed by atoms with van der Waals surface area (Å²) in [6.07, 6.45) is 1.58. The lowest BCUT2D eigenvalue weighted by molar-refractivity contribution is -0.137. The number of carboxylic acid groups (broad SMARTS) is 1. The quantitative estimate of drug-likeness (QED) is 0.646. The van der Waals surface area contributed by atoms with Crippen molar-refractivity contribution in [1.82, 2.24) is 0 Å². The standard InChI is InChI=1S/C11H20O4/c1-3-4-5-10(13)9(8(2)12)6-7-11(14)15/h8-9,12H,3-7H2,1-2H3,(H,14,15). The Hall–Kier alpha value is -0.900. The van der Waals surface area contributed by atoms with Crippen LogP contribution in [-0.4, -0.2) is 28.1 Å². The van der Waals surface area contributed by atoms with Crippen LogP contribution in [0.1, 0.15) is 46.0 Å². The fourth-order valence-electron chi connectivity index (χ4n) is 1.49. The fraction of sp³-hybridized carbons (Fsp3) is 0.818. The van der Waals surface area contributed by atoms with Crippen molar-refractivity contribution in [3.05, 3.63) is 0 Å². The van der Waals surface area contributed by atoms with Crippen LogP contribution in [0.25, 0.3) is 0 Å². The van der Waals surface area contributed by atoms with Crippen molar-refractivity contribution >= 4 is 11.8 Å².